The predicted octanol–water partition coefficient (Wildman–Crippen LogP) is 2.30. The van der Waals surface area contributed by atoms with Crippen LogP contribution in [0, 0.1) is 11.8 Å². The number of hydrogen-bond acceptors (Lipinski definition) is 12. The third-order valence-corrected chi connectivity index (χ3v) is 9.37. The molecule has 0 saturated carbocycles. The van der Waals surface area contributed by atoms with Crippen LogP contribution in [-0.4, -0.2) is 90.4 Å². The molecular weight excluding hydrogens is 618 g/mol. The number of unbranched alkanes of at least 4 members (excludes halogenated alkanes) is 3. The van der Waals surface area contributed by atoms with Crippen molar-refractivity contribution in [1.82, 2.24) is 21.3 Å². The van der Waals surface area contributed by atoms with Crippen LogP contribution in [0.3, 0.4) is 0 Å². The van der Waals surface area contributed by atoms with E-state index in [4.69, 9.17) is 29.4 Å². The minimum atomic E-state index is -0.597. The van der Waals surface area contributed by atoms with Crippen molar-refractivity contribution < 1.29 is 38.4 Å². The van der Waals surface area contributed by atoms with Gasteiger partial charge in [-0.05, 0) is 119 Å². The lowest BCUT2D eigenvalue weighted by Gasteiger charge is -2.39. The molecule has 1 amide bonds. The van der Waals surface area contributed by atoms with E-state index in [0.717, 1.165) is 88.9 Å². The number of ether oxygens (including phenoxy) is 5. The highest BCUT2D eigenvalue weighted by molar-refractivity contribution is 5.81. The fourth-order valence-corrected chi connectivity index (χ4v) is 6.91. The van der Waals surface area contributed by atoms with Gasteiger partial charge in [0.25, 0.3) is 0 Å². The van der Waals surface area contributed by atoms with Gasteiger partial charge in [0.2, 0.25) is 18.4 Å². The number of hydrogen-bond donors (Lipinski definition) is 6. The van der Waals surface area contributed by atoms with Gasteiger partial charge in [0.05, 0.1) is 39.3 Å². The Kier molecular flexibility index (Phi) is 13.0. The Bertz CT molecular complexity index is 1370. The minimum Gasteiger partial charge on any atom is -0.502 e. The van der Waals surface area contributed by atoms with Gasteiger partial charge >= 0.3 is 5.97 Å². The number of phenolic OH excluding ortho intramolecular Hbond substituents is 1. The zero-order valence-corrected chi connectivity index (χ0v) is 28.1. The number of carbonyl (C=O) groups is 2. The monoisotopic (exact) mass is 669 g/mol. The van der Waals surface area contributed by atoms with E-state index in [9.17, 15) is 14.7 Å². The summed E-state index contributed by atoms with van der Waals surface area (Å²) >= 11 is 0. The van der Waals surface area contributed by atoms with Crippen molar-refractivity contribution in [1.29, 1.82) is 0 Å². The standard InChI is InChI=1S/C35H51N5O8/c1-44-28-15-22(16-29(45-2)34(28)42)31-23-17-26-27(48-21-47-26)18-24(23)33(25-20-46-35(43)32(25)31)40-30(41)19-39-14-8-7-13-38-12-6-5-11-37-10-4-3-9-36/h15-18,25,31-33,37-39,42H,3-14,19-21,36H2,1-2H3,(H,40,41). The number of fused-ring (bicyclic) bond motifs is 3. The molecule has 0 spiro atoms. The second-order valence-corrected chi connectivity index (χ2v) is 12.5. The van der Waals surface area contributed by atoms with Gasteiger partial charge in [0.15, 0.2) is 23.0 Å². The van der Waals surface area contributed by atoms with E-state index >= 15 is 0 Å². The summed E-state index contributed by atoms with van der Waals surface area (Å²) in [5, 5.41) is 24.0. The molecule has 2 aromatic carbocycles. The van der Waals surface area contributed by atoms with E-state index in [1.165, 1.54) is 14.2 Å². The maximum absolute atomic E-state index is 13.3. The number of esters is 1. The summed E-state index contributed by atoms with van der Waals surface area (Å²) in [6.07, 6.45) is 6.48. The van der Waals surface area contributed by atoms with Crippen LogP contribution >= 0.6 is 0 Å². The number of aromatic hydroxyl groups is 1. The lowest BCUT2D eigenvalue weighted by Crippen LogP contribution is -2.45. The minimum absolute atomic E-state index is 0.0859. The average Bonchev–Trinajstić information content (AvgIpc) is 3.72. The third-order valence-electron chi connectivity index (χ3n) is 9.37. The van der Waals surface area contributed by atoms with E-state index in [2.05, 4.69) is 21.3 Å². The highest BCUT2D eigenvalue weighted by atomic mass is 16.7. The zero-order chi connectivity index (χ0) is 33.9. The first-order valence-electron chi connectivity index (χ1n) is 17.1. The van der Waals surface area contributed by atoms with Crippen LogP contribution in [0.1, 0.15) is 67.2 Å². The van der Waals surface area contributed by atoms with E-state index < -0.39 is 17.9 Å². The van der Waals surface area contributed by atoms with Crippen LogP contribution in [0.15, 0.2) is 24.3 Å². The number of nitrogens with two attached hydrogens (primary N) is 1. The summed E-state index contributed by atoms with van der Waals surface area (Å²) in [6, 6.07) is 6.71. The molecule has 4 atom stereocenters. The number of cyclic esters (lactones) is 1. The van der Waals surface area contributed by atoms with Crippen LogP contribution in [-0.2, 0) is 14.3 Å². The first-order chi connectivity index (χ1) is 23.5. The summed E-state index contributed by atoms with van der Waals surface area (Å²) in [5.74, 6) is -0.438. The van der Waals surface area contributed by atoms with Gasteiger partial charge in [-0.1, -0.05) is 0 Å². The fraction of sp³-hybridized carbons (Fsp3) is 0.600. The molecule has 1 saturated heterocycles. The van der Waals surface area contributed by atoms with Gasteiger partial charge in [0.1, 0.15) is 0 Å². The molecule has 0 aromatic heterocycles. The molecule has 4 unspecified atom stereocenters. The average molecular weight is 670 g/mol. The molecule has 0 radical (unpaired) electrons. The third kappa shape index (κ3) is 8.43. The molecule has 2 aromatic rings. The summed E-state index contributed by atoms with van der Waals surface area (Å²) in [4.78, 5) is 26.6. The molecule has 13 nitrogen and oxygen atoms in total. The molecule has 2 aliphatic heterocycles. The highest BCUT2D eigenvalue weighted by Crippen LogP contribution is 2.55. The summed E-state index contributed by atoms with van der Waals surface area (Å²) < 4.78 is 27.9. The Morgan fingerprint density at radius 3 is 1.98 bits per heavy atom. The van der Waals surface area contributed by atoms with Gasteiger partial charge in [-0.2, -0.15) is 0 Å². The van der Waals surface area contributed by atoms with Gasteiger partial charge in [-0.25, -0.2) is 0 Å². The van der Waals surface area contributed by atoms with Crippen molar-refractivity contribution in [3.63, 3.8) is 0 Å². The van der Waals surface area contributed by atoms with Crippen molar-refractivity contribution in [3.8, 4) is 28.7 Å². The van der Waals surface area contributed by atoms with Crippen molar-refractivity contribution >= 4 is 11.9 Å². The molecule has 7 N–H and O–H groups in total. The topological polar surface area (TPSA) is 175 Å². The molecule has 264 valence electrons. The van der Waals surface area contributed by atoms with Crippen LogP contribution < -0.4 is 45.9 Å². The number of rotatable bonds is 20. The summed E-state index contributed by atoms with van der Waals surface area (Å²) in [5.41, 5.74) is 7.86. The second-order valence-electron chi connectivity index (χ2n) is 12.5. The smallest absolute Gasteiger partial charge is 0.310 e. The van der Waals surface area contributed by atoms with Gasteiger partial charge in [-0.15, -0.1) is 0 Å². The van der Waals surface area contributed by atoms with Gasteiger partial charge in [0, 0.05) is 11.8 Å². The Morgan fingerprint density at radius 1 is 0.833 bits per heavy atom. The highest BCUT2D eigenvalue weighted by Gasteiger charge is 2.53. The molecule has 0 bridgehead atoms. The van der Waals surface area contributed by atoms with Crippen molar-refractivity contribution in [3.05, 3.63) is 41.0 Å². The van der Waals surface area contributed by atoms with Crippen LogP contribution in [0.25, 0.3) is 0 Å². The molecule has 2 heterocycles. The summed E-state index contributed by atoms with van der Waals surface area (Å²) in [7, 11) is 2.92. The van der Waals surface area contributed by atoms with E-state index in [-0.39, 0.29) is 55.0 Å². The first kappa shape index (κ1) is 35.5. The molecule has 1 aliphatic carbocycles. The summed E-state index contributed by atoms with van der Waals surface area (Å²) in [6.45, 7) is 5.93. The normalized spacial score (nSPS) is 20.6. The maximum atomic E-state index is 13.3. The molecule has 48 heavy (non-hydrogen) atoms. The largest absolute Gasteiger partial charge is 0.502 e. The van der Waals surface area contributed by atoms with E-state index in [1.807, 2.05) is 12.1 Å². The quantitative estimate of drug-likeness (QED) is 0.0898. The van der Waals surface area contributed by atoms with Crippen molar-refractivity contribution in [2.45, 2.75) is 50.5 Å². The number of phenols is 1. The number of amides is 1. The predicted molar refractivity (Wildman–Crippen MR) is 180 cm³/mol. The Hall–Kier alpha value is -3.78. The number of benzene rings is 2. The molecule has 13 heteroatoms. The second kappa shape index (κ2) is 17.6. The van der Waals surface area contributed by atoms with Crippen LogP contribution in [0.2, 0.25) is 0 Å². The lowest BCUT2D eigenvalue weighted by molar-refractivity contribution is -0.141. The van der Waals surface area contributed by atoms with Crippen LogP contribution in [0.5, 0.6) is 28.7 Å². The number of methoxy groups -OCH3 is 2. The molecule has 3 aliphatic rings. The van der Waals surface area contributed by atoms with Crippen LogP contribution in [0.4, 0.5) is 0 Å². The Morgan fingerprint density at radius 2 is 1.40 bits per heavy atom. The fourth-order valence-electron chi connectivity index (χ4n) is 6.91. The lowest BCUT2D eigenvalue weighted by atomic mass is 9.65. The molecular formula is C35H51N5O8. The Labute approximate surface area is 282 Å². The van der Waals surface area contributed by atoms with Crippen molar-refractivity contribution in [2.24, 2.45) is 17.6 Å². The first-order valence-corrected chi connectivity index (χ1v) is 17.1. The van der Waals surface area contributed by atoms with E-state index in [1.54, 1.807) is 12.1 Å². The SMILES string of the molecule is COc1cc(C2c3cc4c(cc3C(NC(=O)CNCCCCNCCCCNCCCCN)C3COC(=O)C23)OCO4)cc(OC)c1O. The number of nitrogens with one attached hydrogen (secondary N) is 4. The number of carbonyl (C=O) groups excluding carboxylic acids is 2. The maximum Gasteiger partial charge on any atom is 0.310 e. The molecule has 5 rings (SSSR count). The van der Waals surface area contributed by atoms with E-state index in [0.29, 0.717) is 17.1 Å². The van der Waals surface area contributed by atoms with Gasteiger partial charge in [-0.3, -0.25) is 9.59 Å². The zero-order valence-electron chi connectivity index (χ0n) is 28.1. The van der Waals surface area contributed by atoms with Crippen molar-refractivity contribution in [2.75, 3.05) is 73.4 Å². The molecule has 1 fully saturated rings. The Balaban J connectivity index is 1.17. The van der Waals surface area contributed by atoms with Gasteiger partial charge < -0.3 is 55.8 Å².